The quantitative estimate of drug-likeness (QED) is 0.485. The van der Waals surface area contributed by atoms with Gasteiger partial charge in [0.15, 0.2) is 0 Å². The number of piperidine rings is 1. The molecule has 0 aromatic heterocycles. The monoisotopic (exact) mass is 439 g/mol. The maximum atomic E-state index is 12.6. The van der Waals surface area contributed by atoms with Gasteiger partial charge >= 0.3 is 5.97 Å². The summed E-state index contributed by atoms with van der Waals surface area (Å²) in [5.41, 5.74) is 7.19. The highest BCUT2D eigenvalue weighted by Crippen LogP contribution is 2.39. The Hall–Kier alpha value is -2.98. The maximum Gasteiger partial charge on any atom is 0.338 e. The predicted octanol–water partition coefficient (Wildman–Crippen LogP) is 3.83. The first-order chi connectivity index (χ1) is 15.4. The van der Waals surface area contributed by atoms with E-state index in [9.17, 15) is 10.1 Å². The van der Waals surface area contributed by atoms with E-state index in [1.165, 1.54) is 25.9 Å². The third kappa shape index (κ3) is 5.63. The molecule has 1 aromatic carbocycles. The number of rotatable bonds is 8. The molecule has 1 fully saturated rings. The van der Waals surface area contributed by atoms with E-state index in [0.717, 1.165) is 30.2 Å². The van der Waals surface area contributed by atoms with Crippen LogP contribution in [0.2, 0.25) is 0 Å². The minimum absolute atomic E-state index is 0.00964. The van der Waals surface area contributed by atoms with Crippen LogP contribution in [0.1, 0.15) is 51.5 Å². The number of carbonyl (C=O) groups is 1. The molecule has 0 aliphatic carbocycles. The van der Waals surface area contributed by atoms with E-state index in [1.54, 1.807) is 13.8 Å². The summed E-state index contributed by atoms with van der Waals surface area (Å²) < 4.78 is 16.6. The summed E-state index contributed by atoms with van der Waals surface area (Å²) in [5.74, 6) is 0.737. The Morgan fingerprint density at radius 1 is 1.34 bits per heavy atom. The standard InChI is InChI=1S/C25H33N3O4/c1-4-30-25(29)22-18(3)32-24(27)21(15-26)23(22)19-8-10-20(11-9-19)31-14-6-13-28-12-5-7-17(2)16-28/h8-11,17,23H,4-7,12-14,16,27H2,1-3H3. The molecule has 0 spiro atoms. The van der Waals surface area contributed by atoms with Crippen LogP contribution in [0, 0.1) is 17.2 Å². The van der Waals surface area contributed by atoms with Crippen molar-refractivity contribution in [2.24, 2.45) is 11.7 Å². The Morgan fingerprint density at radius 2 is 2.09 bits per heavy atom. The molecule has 0 amide bonds. The number of ether oxygens (including phenoxy) is 3. The van der Waals surface area contributed by atoms with E-state index < -0.39 is 11.9 Å². The van der Waals surface area contributed by atoms with Gasteiger partial charge in [-0.15, -0.1) is 0 Å². The smallest absolute Gasteiger partial charge is 0.338 e. The summed E-state index contributed by atoms with van der Waals surface area (Å²) in [6, 6.07) is 9.52. The van der Waals surface area contributed by atoms with Crippen LogP contribution in [-0.4, -0.2) is 43.7 Å². The predicted molar refractivity (Wildman–Crippen MR) is 121 cm³/mol. The Kier molecular flexibility index (Phi) is 8.18. The van der Waals surface area contributed by atoms with Gasteiger partial charge in [-0.05, 0) is 63.3 Å². The first-order valence-electron chi connectivity index (χ1n) is 11.3. The number of likely N-dealkylation sites (tertiary alicyclic amines) is 1. The minimum atomic E-state index is -0.636. The summed E-state index contributed by atoms with van der Waals surface area (Å²) in [4.78, 5) is 15.1. The van der Waals surface area contributed by atoms with Crippen LogP contribution < -0.4 is 10.5 Å². The lowest BCUT2D eigenvalue weighted by atomic mass is 9.83. The largest absolute Gasteiger partial charge is 0.494 e. The molecule has 2 unspecified atom stereocenters. The van der Waals surface area contributed by atoms with Crippen molar-refractivity contribution in [3.8, 4) is 11.8 Å². The fraction of sp³-hybridized carbons (Fsp3) is 0.520. The van der Waals surface area contributed by atoms with Gasteiger partial charge in [-0.2, -0.15) is 5.26 Å². The van der Waals surface area contributed by atoms with Crippen molar-refractivity contribution >= 4 is 5.97 Å². The average Bonchev–Trinajstić information content (AvgIpc) is 2.77. The molecule has 32 heavy (non-hydrogen) atoms. The van der Waals surface area contributed by atoms with Crippen LogP contribution in [0.15, 0.2) is 47.1 Å². The zero-order valence-electron chi connectivity index (χ0n) is 19.2. The third-order valence-corrected chi connectivity index (χ3v) is 5.94. The van der Waals surface area contributed by atoms with E-state index in [-0.39, 0.29) is 18.1 Å². The molecule has 2 heterocycles. The van der Waals surface area contributed by atoms with Gasteiger partial charge in [0.1, 0.15) is 23.2 Å². The van der Waals surface area contributed by atoms with Gasteiger partial charge in [0.05, 0.1) is 24.7 Å². The molecular formula is C25H33N3O4. The summed E-state index contributed by atoms with van der Waals surface area (Å²) in [6.45, 7) is 9.98. The maximum absolute atomic E-state index is 12.6. The highest BCUT2D eigenvalue weighted by molar-refractivity contribution is 5.92. The van der Waals surface area contributed by atoms with Crippen molar-refractivity contribution in [2.45, 2.75) is 46.0 Å². The second-order valence-electron chi connectivity index (χ2n) is 8.43. The Morgan fingerprint density at radius 3 is 2.75 bits per heavy atom. The SMILES string of the molecule is CCOC(=O)C1=C(C)OC(N)=C(C#N)C1c1ccc(OCCCN2CCCC(C)C2)cc1. The van der Waals surface area contributed by atoms with Crippen molar-refractivity contribution in [3.63, 3.8) is 0 Å². The summed E-state index contributed by atoms with van der Waals surface area (Å²) in [5, 5.41) is 9.66. The van der Waals surface area contributed by atoms with E-state index in [1.807, 2.05) is 24.3 Å². The summed E-state index contributed by atoms with van der Waals surface area (Å²) in [6.07, 6.45) is 3.58. The number of nitrogens with zero attached hydrogens (tertiary/aromatic N) is 2. The number of allylic oxidation sites excluding steroid dienone is 2. The molecule has 172 valence electrons. The molecule has 7 nitrogen and oxygen atoms in total. The number of hydrogen-bond acceptors (Lipinski definition) is 7. The van der Waals surface area contributed by atoms with Gasteiger partial charge in [0.2, 0.25) is 5.88 Å². The van der Waals surface area contributed by atoms with E-state index in [2.05, 4.69) is 17.9 Å². The summed E-state index contributed by atoms with van der Waals surface area (Å²) in [7, 11) is 0. The van der Waals surface area contributed by atoms with Gasteiger partial charge in [0, 0.05) is 13.1 Å². The number of nitriles is 1. The van der Waals surface area contributed by atoms with Crippen LogP contribution in [0.3, 0.4) is 0 Å². The van der Waals surface area contributed by atoms with E-state index in [0.29, 0.717) is 17.9 Å². The molecule has 2 atom stereocenters. The van der Waals surface area contributed by atoms with Gasteiger partial charge in [-0.25, -0.2) is 4.79 Å². The molecule has 0 saturated carbocycles. The number of hydrogen-bond donors (Lipinski definition) is 1. The zero-order valence-corrected chi connectivity index (χ0v) is 19.2. The lowest BCUT2D eigenvalue weighted by Crippen LogP contribution is -2.35. The molecule has 7 heteroatoms. The van der Waals surface area contributed by atoms with Crippen molar-refractivity contribution < 1.29 is 19.0 Å². The number of nitrogens with two attached hydrogens (primary N) is 1. The van der Waals surface area contributed by atoms with Gasteiger partial charge in [-0.1, -0.05) is 19.1 Å². The lowest BCUT2D eigenvalue weighted by Gasteiger charge is -2.30. The molecule has 1 saturated heterocycles. The van der Waals surface area contributed by atoms with Crippen LogP contribution in [0.25, 0.3) is 0 Å². The van der Waals surface area contributed by atoms with Crippen molar-refractivity contribution in [2.75, 3.05) is 32.8 Å². The molecule has 3 rings (SSSR count). The fourth-order valence-corrected chi connectivity index (χ4v) is 4.41. The first kappa shape index (κ1) is 23.7. The molecular weight excluding hydrogens is 406 g/mol. The highest BCUT2D eigenvalue weighted by atomic mass is 16.5. The third-order valence-electron chi connectivity index (χ3n) is 5.94. The van der Waals surface area contributed by atoms with Gasteiger partial charge in [-0.3, -0.25) is 0 Å². The summed E-state index contributed by atoms with van der Waals surface area (Å²) >= 11 is 0. The van der Waals surface area contributed by atoms with Crippen molar-refractivity contribution in [3.05, 3.63) is 52.6 Å². The van der Waals surface area contributed by atoms with Gasteiger partial charge < -0.3 is 24.8 Å². The van der Waals surface area contributed by atoms with Crippen LogP contribution in [0.4, 0.5) is 0 Å². The Balaban J connectivity index is 1.66. The Bertz CT molecular complexity index is 914. The second kappa shape index (κ2) is 11.1. The topological polar surface area (TPSA) is 97.8 Å². The van der Waals surface area contributed by atoms with Crippen LogP contribution in [-0.2, 0) is 14.3 Å². The molecule has 2 N–H and O–H groups in total. The van der Waals surface area contributed by atoms with Crippen molar-refractivity contribution in [1.82, 2.24) is 4.90 Å². The van der Waals surface area contributed by atoms with E-state index in [4.69, 9.17) is 19.9 Å². The van der Waals surface area contributed by atoms with Crippen molar-refractivity contribution in [1.29, 1.82) is 5.26 Å². The molecule has 2 aliphatic heterocycles. The zero-order chi connectivity index (χ0) is 23.1. The Labute approximate surface area is 190 Å². The van der Waals surface area contributed by atoms with Crippen LogP contribution >= 0.6 is 0 Å². The normalized spacial score (nSPS) is 21.7. The van der Waals surface area contributed by atoms with E-state index >= 15 is 0 Å². The minimum Gasteiger partial charge on any atom is -0.494 e. The lowest BCUT2D eigenvalue weighted by molar-refractivity contribution is -0.139. The average molecular weight is 440 g/mol. The highest BCUT2D eigenvalue weighted by Gasteiger charge is 2.36. The van der Waals surface area contributed by atoms with Gasteiger partial charge in [0.25, 0.3) is 0 Å². The number of carbonyl (C=O) groups excluding carboxylic acids is 1. The molecule has 1 aromatic rings. The molecule has 0 radical (unpaired) electrons. The van der Waals surface area contributed by atoms with Crippen LogP contribution in [0.5, 0.6) is 5.75 Å². The second-order valence-corrected chi connectivity index (χ2v) is 8.43. The fourth-order valence-electron chi connectivity index (χ4n) is 4.41. The number of benzene rings is 1. The molecule has 0 bridgehead atoms. The molecule has 2 aliphatic rings. The number of esters is 1. The first-order valence-corrected chi connectivity index (χ1v) is 11.3.